The molecule has 2 aromatic rings. The Kier molecular flexibility index (Phi) is 11.2. The summed E-state index contributed by atoms with van der Waals surface area (Å²) < 4.78 is 20.3. The lowest BCUT2D eigenvalue weighted by molar-refractivity contribution is -0.178. The summed E-state index contributed by atoms with van der Waals surface area (Å²) in [6, 6.07) is 3.83. The predicted molar refractivity (Wildman–Crippen MR) is 181 cm³/mol. The van der Waals surface area contributed by atoms with Crippen molar-refractivity contribution in [2.75, 3.05) is 13.7 Å². The molecule has 2 aliphatic rings. The lowest BCUT2D eigenvalue weighted by Gasteiger charge is -2.49. The van der Waals surface area contributed by atoms with Crippen LogP contribution in [0.5, 0.6) is 0 Å². The summed E-state index contributed by atoms with van der Waals surface area (Å²) >= 11 is 0. The number of nitrogens with zero attached hydrogens (tertiary/aromatic N) is 4. The third-order valence-electron chi connectivity index (χ3n) is 11.8. The van der Waals surface area contributed by atoms with E-state index in [2.05, 4.69) is 9.97 Å². The van der Waals surface area contributed by atoms with Gasteiger partial charge in [-0.05, 0) is 71.4 Å². The molecular formula is C37H54N4O7. The Labute approximate surface area is 285 Å². The van der Waals surface area contributed by atoms with Crippen molar-refractivity contribution in [2.45, 2.75) is 117 Å². The fraction of sp³-hybridized carbons (Fsp3) is 0.676. The number of imidazole rings is 1. The Morgan fingerprint density at radius 1 is 1.00 bits per heavy atom. The molecule has 0 N–H and O–H groups in total. The van der Waals surface area contributed by atoms with Gasteiger partial charge in [0, 0.05) is 62.1 Å². The fourth-order valence-electron chi connectivity index (χ4n) is 7.87. The zero-order valence-electron chi connectivity index (χ0n) is 30.3. The Hall–Kier alpha value is -3.60. The number of unbranched alkanes of at least 4 members (excludes halogenated alkanes) is 1. The first-order valence-electron chi connectivity index (χ1n) is 17.3. The number of methoxy groups -OCH3 is 1. The molecule has 0 aromatic carbocycles. The minimum Gasteiger partial charge on any atom is -0.457 e. The van der Waals surface area contributed by atoms with Crippen molar-refractivity contribution in [1.82, 2.24) is 19.4 Å². The van der Waals surface area contributed by atoms with E-state index in [4.69, 9.17) is 14.2 Å². The molecule has 0 saturated carbocycles. The third-order valence-corrected chi connectivity index (χ3v) is 11.8. The molecule has 0 bridgehead atoms. The van der Waals surface area contributed by atoms with E-state index in [1.165, 1.54) is 0 Å². The maximum absolute atomic E-state index is 14.4. The van der Waals surface area contributed by atoms with Gasteiger partial charge in [0.1, 0.15) is 23.6 Å². The van der Waals surface area contributed by atoms with Crippen molar-refractivity contribution < 1.29 is 33.4 Å². The second kappa shape index (κ2) is 14.5. The molecule has 2 saturated heterocycles. The molecule has 0 unspecified atom stereocenters. The fourth-order valence-corrected chi connectivity index (χ4v) is 7.87. The van der Waals surface area contributed by atoms with Crippen LogP contribution < -0.4 is 0 Å². The van der Waals surface area contributed by atoms with Crippen LogP contribution in [0.2, 0.25) is 0 Å². The molecule has 48 heavy (non-hydrogen) atoms. The minimum atomic E-state index is -1.37. The molecule has 0 aliphatic carbocycles. The molecule has 2 aromatic heterocycles. The summed E-state index contributed by atoms with van der Waals surface area (Å²) in [6.07, 6.45) is 7.88. The van der Waals surface area contributed by atoms with Gasteiger partial charge in [-0.25, -0.2) is 9.78 Å². The smallest absolute Gasteiger partial charge is 0.411 e. The van der Waals surface area contributed by atoms with Gasteiger partial charge in [0.15, 0.2) is 5.60 Å². The highest BCUT2D eigenvalue weighted by Gasteiger charge is 2.67. The van der Waals surface area contributed by atoms with Crippen molar-refractivity contribution in [2.24, 2.45) is 29.6 Å². The highest BCUT2D eigenvalue weighted by atomic mass is 16.6. The van der Waals surface area contributed by atoms with Crippen LogP contribution in [0.3, 0.4) is 0 Å². The summed E-state index contributed by atoms with van der Waals surface area (Å²) in [5.41, 5.74) is -1.59. The zero-order valence-corrected chi connectivity index (χ0v) is 30.3. The van der Waals surface area contributed by atoms with E-state index in [-0.39, 0.29) is 17.5 Å². The molecule has 2 aliphatic heterocycles. The monoisotopic (exact) mass is 666 g/mol. The topological polar surface area (TPSA) is 130 Å². The quantitative estimate of drug-likeness (QED) is 0.185. The number of fused-ring (bicyclic) bond motifs is 1. The van der Waals surface area contributed by atoms with Gasteiger partial charge in [0.25, 0.3) is 0 Å². The van der Waals surface area contributed by atoms with Crippen LogP contribution in [0.25, 0.3) is 11.3 Å². The molecule has 4 rings (SSSR count). The van der Waals surface area contributed by atoms with Crippen LogP contribution in [0.1, 0.15) is 88.0 Å². The highest BCUT2D eigenvalue weighted by Crippen LogP contribution is 2.50. The average Bonchev–Trinajstić information content (AvgIpc) is 3.63. The first kappa shape index (κ1) is 37.2. The van der Waals surface area contributed by atoms with E-state index in [1.54, 1.807) is 51.5 Å². The maximum Gasteiger partial charge on any atom is 0.411 e. The number of hydrogen-bond donors (Lipinski definition) is 0. The molecule has 4 heterocycles. The largest absolute Gasteiger partial charge is 0.457 e. The first-order chi connectivity index (χ1) is 22.5. The van der Waals surface area contributed by atoms with Crippen LogP contribution in [-0.2, 0) is 35.1 Å². The second-order valence-electron chi connectivity index (χ2n) is 14.5. The maximum atomic E-state index is 14.4. The number of pyridine rings is 1. The van der Waals surface area contributed by atoms with E-state index < -0.39 is 58.6 Å². The molecule has 9 atom stereocenters. The van der Waals surface area contributed by atoms with E-state index in [9.17, 15) is 19.2 Å². The first-order valence-corrected chi connectivity index (χ1v) is 17.3. The summed E-state index contributed by atoms with van der Waals surface area (Å²) in [7, 11) is 1.59. The summed E-state index contributed by atoms with van der Waals surface area (Å²) in [4.78, 5) is 65.7. The Bertz CT molecular complexity index is 1480. The van der Waals surface area contributed by atoms with Crippen molar-refractivity contribution in [3.8, 4) is 11.3 Å². The van der Waals surface area contributed by atoms with Gasteiger partial charge in [0.2, 0.25) is 0 Å². The second-order valence-corrected chi connectivity index (χ2v) is 14.5. The Balaban J connectivity index is 1.65. The molecule has 11 heteroatoms. The number of aromatic nitrogens is 3. The number of esters is 1. The van der Waals surface area contributed by atoms with Gasteiger partial charge in [-0.1, -0.05) is 34.6 Å². The molecule has 264 valence electrons. The Morgan fingerprint density at radius 2 is 1.69 bits per heavy atom. The molecule has 0 spiro atoms. The number of Topliss-reactive ketones (excluding diaryl/α,β-unsaturated/α-hetero) is 2. The van der Waals surface area contributed by atoms with Crippen LogP contribution in [0.15, 0.2) is 37.1 Å². The number of hydrogen-bond acceptors (Lipinski definition) is 9. The third kappa shape index (κ3) is 6.67. The molecule has 1 amide bonds. The van der Waals surface area contributed by atoms with E-state index in [0.29, 0.717) is 32.4 Å². The summed E-state index contributed by atoms with van der Waals surface area (Å²) in [6.45, 7) is 17.5. The molecular weight excluding hydrogens is 612 g/mol. The minimum absolute atomic E-state index is 0.0468. The summed E-state index contributed by atoms with van der Waals surface area (Å²) in [5, 5.41) is 0. The van der Waals surface area contributed by atoms with Gasteiger partial charge >= 0.3 is 12.1 Å². The van der Waals surface area contributed by atoms with Crippen LogP contribution in [-0.4, -0.2) is 79.6 Å². The zero-order chi connectivity index (χ0) is 35.6. The van der Waals surface area contributed by atoms with Crippen molar-refractivity contribution >= 4 is 23.6 Å². The number of carbonyl (C=O) groups is 4. The molecule has 0 radical (unpaired) electrons. The van der Waals surface area contributed by atoms with Gasteiger partial charge < -0.3 is 18.8 Å². The van der Waals surface area contributed by atoms with Gasteiger partial charge in [0.05, 0.1) is 23.2 Å². The lowest BCUT2D eigenvalue weighted by Crippen LogP contribution is -2.66. The van der Waals surface area contributed by atoms with Gasteiger partial charge in [-0.15, -0.1) is 0 Å². The van der Waals surface area contributed by atoms with Crippen LogP contribution in [0, 0.1) is 29.6 Å². The number of ether oxygens (including phenoxy) is 3. The number of amides is 1. The van der Waals surface area contributed by atoms with Crippen molar-refractivity contribution in [3.63, 3.8) is 0 Å². The van der Waals surface area contributed by atoms with E-state index >= 15 is 0 Å². The van der Waals surface area contributed by atoms with Gasteiger partial charge in [-0.3, -0.25) is 24.3 Å². The normalized spacial score (nSPS) is 35.2. The van der Waals surface area contributed by atoms with Crippen LogP contribution in [0.4, 0.5) is 4.79 Å². The summed E-state index contributed by atoms with van der Waals surface area (Å²) in [5.74, 6) is -3.93. The van der Waals surface area contributed by atoms with Crippen LogP contribution >= 0.6 is 0 Å². The SMILES string of the molecule is CC[C@H]1OC(=O)[C@H](C)C(=O)[C@H](C)[C@@H](C)[C@](C)(OC)C[C@@H](C)C(=O)[C@H](C)[C@]2(C)N(CCCCn3cnc(-c4cccnc4)c3)C(=O)O[C@]12C. The lowest BCUT2D eigenvalue weighted by atomic mass is 9.65. The predicted octanol–water partition coefficient (Wildman–Crippen LogP) is 6.14. The number of cyclic esters (lactones) is 1. The van der Waals surface area contributed by atoms with E-state index in [0.717, 1.165) is 17.7 Å². The number of aryl methyl sites for hydroxylation is 1. The highest BCUT2D eigenvalue weighted by molar-refractivity contribution is 6.00. The number of rotatable bonds is 8. The van der Waals surface area contributed by atoms with Crippen molar-refractivity contribution in [1.29, 1.82) is 0 Å². The number of ketones is 2. The van der Waals surface area contributed by atoms with Gasteiger partial charge in [-0.2, -0.15) is 0 Å². The van der Waals surface area contributed by atoms with E-state index in [1.807, 2.05) is 64.4 Å². The Morgan fingerprint density at radius 3 is 2.31 bits per heavy atom. The number of carbonyl (C=O) groups excluding carboxylic acids is 4. The molecule has 2 fully saturated rings. The standard InChI is InChI=1S/C37H54N4O7/c1-11-30-37(9)36(8,41(34(45)48-37)18-13-12-17-40-21-29(39-22-40)28-15-14-16-38-20-28)27(6)31(42)23(2)19-35(7,46-10)26(5)24(3)32(43)25(4)33(44)47-30/h14-16,20-27,30H,11-13,17-19H2,1-10H3/t23-,24-,25-,26-,27+,30-,35-,36+,37-/m1/s1. The molecule has 11 nitrogen and oxygen atoms in total. The average molecular weight is 667 g/mol. The van der Waals surface area contributed by atoms with Crippen molar-refractivity contribution in [3.05, 3.63) is 37.1 Å².